The number of benzene rings is 2. The summed E-state index contributed by atoms with van der Waals surface area (Å²) in [6.45, 7) is 0. The fourth-order valence-electron chi connectivity index (χ4n) is 1.81. The zero-order chi connectivity index (χ0) is 15.5. The summed E-state index contributed by atoms with van der Waals surface area (Å²) in [7, 11) is 0. The summed E-state index contributed by atoms with van der Waals surface area (Å²) in [5, 5.41) is 1.16. The molecule has 0 heterocycles. The van der Waals surface area contributed by atoms with Crippen LogP contribution in [0.5, 0.6) is 0 Å². The number of rotatable bonds is 3. The highest BCUT2D eigenvalue weighted by Gasteiger charge is 2.34. The van der Waals surface area contributed by atoms with Crippen molar-refractivity contribution < 1.29 is 18.0 Å². The van der Waals surface area contributed by atoms with E-state index in [1.165, 1.54) is 18.2 Å². The van der Waals surface area contributed by atoms with Crippen molar-refractivity contribution in [2.75, 3.05) is 5.32 Å². The van der Waals surface area contributed by atoms with Crippen molar-refractivity contribution in [3.63, 3.8) is 0 Å². The standard InChI is InChI=1S/C15H11ClF3NO/c16-13(10-6-2-1-3-7-10)14(21)20-12-9-5-4-8-11(12)15(17,18)19/h1-9,13H,(H,20,21)/t13-/m1/s1. The van der Waals surface area contributed by atoms with E-state index in [0.29, 0.717) is 5.56 Å². The maximum absolute atomic E-state index is 12.8. The summed E-state index contributed by atoms with van der Waals surface area (Å²) in [6, 6.07) is 13.2. The van der Waals surface area contributed by atoms with Gasteiger partial charge in [0.05, 0.1) is 11.3 Å². The second-order valence-electron chi connectivity index (χ2n) is 4.31. The molecule has 0 spiro atoms. The second kappa shape index (κ2) is 6.18. The van der Waals surface area contributed by atoms with Gasteiger partial charge in [0.2, 0.25) is 5.91 Å². The van der Waals surface area contributed by atoms with Crippen LogP contribution in [0.2, 0.25) is 0 Å². The van der Waals surface area contributed by atoms with Crippen molar-refractivity contribution in [1.82, 2.24) is 0 Å². The van der Waals surface area contributed by atoms with Crippen LogP contribution in [0.15, 0.2) is 54.6 Å². The van der Waals surface area contributed by atoms with E-state index in [2.05, 4.69) is 5.32 Å². The zero-order valence-corrected chi connectivity index (χ0v) is 11.4. The third-order valence-electron chi connectivity index (χ3n) is 2.81. The first-order valence-electron chi connectivity index (χ1n) is 6.05. The van der Waals surface area contributed by atoms with E-state index < -0.39 is 23.0 Å². The van der Waals surface area contributed by atoms with E-state index in [4.69, 9.17) is 11.6 Å². The molecule has 0 aliphatic carbocycles. The van der Waals surface area contributed by atoms with Crippen LogP contribution < -0.4 is 5.32 Å². The SMILES string of the molecule is O=C(Nc1ccccc1C(F)(F)F)[C@H](Cl)c1ccccc1. The van der Waals surface area contributed by atoms with Gasteiger partial charge in [-0.3, -0.25) is 4.79 Å². The molecule has 21 heavy (non-hydrogen) atoms. The lowest BCUT2D eigenvalue weighted by Gasteiger charge is -2.15. The number of halogens is 4. The number of para-hydroxylation sites is 1. The van der Waals surface area contributed by atoms with Crippen LogP contribution in [0.4, 0.5) is 18.9 Å². The Morgan fingerprint density at radius 2 is 1.57 bits per heavy atom. The zero-order valence-electron chi connectivity index (χ0n) is 10.7. The van der Waals surface area contributed by atoms with Gasteiger partial charge in [-0.2, -0.15) is 13.2 Å². The summed E-state index contributed by atoms with van der Waals surface area (Å²) < 4.78 is 38.5. The van der Waals surface area contributed by atoms with Crippen LogP contribution in [0, 0.1) is 0 Å². The van der Waals surface area contributed by atoms with Crippen LogP contribution in [0.3, 0.4) is 0 Å². The minimum absolute atomic E-state index is 0.309. The molecule has 2 rings (SSSR count). The number of hydrogen-bond acceptors (Lipinski definition) is 1. The van der Waals surface area contributed by atoms with Gasteiger partial charge in [0.1, 0.15) is 5.38 Å². The minimum Gasteiger partial charge on any atom is -0.324 e. The van der Waals surface area contributed by atoms with E-state index in [0.717, 1.165) is 6.07 Å². The van der Waals surface area contributed by atoms with Crippen LogP contribution in [0.25, 0.3) is 0 Å². The number of carbonyl (C=O) groups excluding carboxylic acids is 1. The molecule has 0 fully saturated rings. The number of alkyl halides is 4. The number of carbonyl (C=O) groups is 1. The maximum Gasteiger partial charge on any atom is 0.418 e. The Labute approximate surface area is 124 Å². The molecule has 2 aromatic carbocycles. The van der Waals surface area contributed by atoms with Crippen LogP contribution in [-0.4, -0.2) is 5.91 Å². The highest BCUT2D eigenvalue weighted by molar-refractivity contribution is 6.32. The van der Waals surface area contributed by atoms with Gasteiger partial charge >= 0.3 is 6.18 Å². The molecule has 2 aromatic rings. The molecule has 0 aliphatic heterocycles. The molecule has 6 heteroatoms. The molecule has 0 unspecified atom stereocenters. The predicted molar refractivity (Wildman–Crippen MR) is 75.1 cm³/mol. The van der Waals surface area contributed by atoms with Gasteiger partial charge in [0.25, 0.3) is 0 Å². The molecule has 2 nitrogen and oxygen atoms in total. The monoisotopic (exact) mass is 313 g/mol. The second-order valence-corrected chi connectivity index (χ2v) is 4.74. The third kappa shape index (κ3) is 3.76. The van der Waals surface area contributed by atoms with Gasteiger partial charge in [-0.05, 0) is 17.7 Å². The third-order valence-corrected chi connectivity index (χ3v) is 3.26. The predicted octanol–water partition coefficient (Wildman–Crippen LogP) is 4.62. The number of hydrogen-bond donors (Lipinski definition) is 1. The van der Waals surface area contributed by atoms with E-state index in [1.54, 1.807) is 30.3 Å². The number of anilines is 1. The van der Waals surface area contributed by atoms with Gasteiger partial charge in [0, 0.05) is 0 Å². The van der Waals surface area contributed by atoms with Gasteiger partial charge in [-0.15, -0.1) is 11.6 Å². The first kappa shape index (κ1) is 15.4. The summed E-state index contributed by atoms with van der Waals surface area (Å²) in [5.41, 5.74) is -0.701. The molecule has 0 radical (unpaired) electrons. The number of amides is 1. The highest BCUT2D eigenvalue weighted by Crippen LogP contribution is 2.35. The van der Waals surface area contributed by atoms with Crippen LogP contribution in [0.1, 0.15) is 16.5 Å². The van der Waals surface area contributed by atoms with E-state index >= 15 is 0 Å². The lowest BCUT2D eigenvalue weighted by molar-refractivity contribution is -0.137. The first-order chi connectivity index (χ1) is 9.89. The summed E-state index contributed by atoms with van der Waals surface area (Å²) >= 11 is 5.98. The normalized spacial score (nSPS) is 12.8. The number of nitrogens with one attached hydrogen (secondary N) is 1. The fourth-order valence-corrected chi connectivity index (χ4v) is 2.01. The molecular formula is C15H11ClF3NO. The minimum atomic E-state index is -4.54. The van der Waals surface area contributed by atoms with Gasteiger partial charge < -0.3 is 5.32 Å². The Balaban J connectivity index is 2.21. The Morgan fingerprint density at radius 3 is 2.19 bits per heavy atom. The quantitative estimate of drug-likeness (QED) is 0.823. The van der Waals surface area contributed by atoms with E-state index in [1.807, 2.05) is 0 Å². The smallest absolute Gasteiger partial charge is 0.324 e. The lowest BCUT2D eigenvalue weighted by Crippen LogP contribution is -2.20. The van der Waals surface area contributed by atoms with Gasteiger partial charge in [-0.1, -0.05) is 42.5 Å². The van der Waals surface area contributed by atoms with Crippen molar-refractivity contribution in [3.8, 4) is 0 Å². The molecule has 0 saturated carbocycles. The molecule has 1 amide bonds. The first-order valence-corrected chi connectivity index (χ1v) is 6.49. The summed E-state index contributed by atoms with van der Waals surface area (Å²) in [4.78, 5) is 12.0. The van der Waals surface area contributed by atoms with Crippen LogP contribution in [-0.2, 0) is 11.0 Å². The summed E-state index contributed by atoms with van der Waals surface area (Å²) in [6.07, 6.45) is -4.54. The van der Waals surface area contributed by atoms with Crippen molar-refractivity contribution >= 4 is 23.2 Å². The Morgan fingerprint density at radius 1 is 1.00 bits per heavy atom. The molecule has 0 bridgehead atoms. The van der Waals surface area contributed by atoms with E-state index in [9.17, 15) is 18.0 Å². The fraction of sp³-hybridized carbons (Fsp3) is 0.133. The Hall–Kier alpha value is -2.01. The molecular weight excluding hydrogens is 303 g/mol. The Kier molecular flexibility index (Phi) is 4.53. The molecule has 1 N–H and O–H groups in total. The van der Waals surface area contributed by atoms with Crippen molar-refractivity contribution in [2.24, 2.45) is 0 Å². The van der Waals surface area contributed by atoms with Gasteiger partial charge in [-0.25, -0.2) is 0 Å². The van der Waals surface area contributed by atoms with E-state index in [-0.39, 0.29) is 5.69 Å². The molecule has 0 aromatic heterocycles. The highest BCUT2D eigenvalue weighted by atomic mass is 35.5. The topological polar surface area (TPSA) is 29.1 Å². The summed E-state index contributed by atoms with van der Waals surface area (Å²) in [5.74, 6) is -0.709. The average Bonchev–Trinajstić information content (AvgIpc) is 2.47. The van der Waals surface area contributed by atoms with Crippen molar-refractivity contribution in [1.29, 1.82) is 0 Å². The van der Waals surface area contributed by atoms with Crippen molar-refractivity contribution in [3.05, 3.63) is 65.7 Å². The lowest BCUT2D eigenvalue weighted by atomic mass is 10.1. The average molecular weight is 314 g/mol. The maximum atomic E-state index is 12.8. The molecule has 0 saturated heterocycles. The molecule has 110 valence electrons. The molecule has 0 aliphatic rings. The Bertz CT molecular complexity index is 628. The largest absolute Gasteiger partial charge is 0.418 e. The van der Waals surface area contributed by atoms with Crippen LogP contribution >= 0.6 is 11.6 Å². The molecule has 1 atom stereocenters. The van der Waals surface area contributed by atoms with Crippen molar-refractivity contribution in [2.45, 2.75) is 11.6 Å². The van der Waals surface area contributed by atoms with Gasteiger partial charge in [0.15, 0.2) is 0 Å².